The van der Waals surface area contributed by atoms with Crippen molar-refractivity contribution in [3.05, 3.63) is 46.9 Å². The van der Waals surface area contributed by atoms with Gasteiger partial charge < -0.3 is 14.2 Å². The summed E-state index contributed by atoms with van der Waals surface area (Å²) in [6.07, 6.45) is 0.796. The predicted octanol–water partition coefficient (Wildman–Crippen LogP) is 6.43. The number of alkyl halides is 3. The van der Waals surface area contributed by atoms with Crippen LogP contribution in [-0.4, -0.2) is 21.6 Å². The molecule has 0 radical (unpaired) electrons. The Bertz CT molecular complexity index is 1220. The molecule has 1 aromatic carbocycles. The second-order valence-electron chi connectivity index (χ2n) is 10.0. The lowest BCUT2D eigenvalue weighted by Crippen LogP contribution is -2.57. The maximum absolute atomic E-state index is 13.8. The van der Waals surface area contributed by atoms with Gasteiger partial charge in [-0.2, -0.15) is 13.2 Å². The van der Waals surface area contributed by atoms with Crippen molar-refractivity contribution < 1.29 is 26.8 Å². The lowest BCUT2D eigenvalue weighted by atomic mass is 9.57. The predicted molar refractivity (Wildman–Crippen MR) is 119 cm³/mol. The van der Waals surface area contributed by atoms with E-state index in [1.807, 2.05) is 13.8 Å². The Labute approximate surface area is 195 Å². The number of carbonyl (C=O) groups excluding carboxylic acids is 1. The number of halogens is 3. The van der Waals surface area contributed by atoms with E-state index in [0.29, 0.717) is 29.2 Å². The van der Waals surface area contributed by atoms with E-state index in [9.17, 15) is 18.0 Å². The zero-order valence-corrected chi connectivity index (χ0v) is 19.5. The molecule has 1 N–H and O–H groups in total. The molecule has 0 saturated heterocycles. The van der Waals surface area contributed by atoms with E-state index < -0.39 is 23.2 Å². The molecule has 34 heavy (non-hydrogen) atoms. The Kier molecular flexibility index (Phi) is 5.29. The maximum atomic E-state index is 13.8. The summed E-state index contributed by atoms with van der Waals surface area (Å²) < 4.78 is 52.5. The molecule has 6 nitrogen and oxygen atoms in total. The molecule has 2 aromatic heterocycles. The largest absolute Gasteiger partial charge is 0.450 e. The maximum Gasteiger partial charge on any atom is 0.420 e. The first-order valence-corrected chi connectivity index (χ1v) is 11.8. The van der Waals surface area contributed by atoms with Gasteiger partial charge in [-0.05, 0) is 74.6 Å². The van der Waals surface area contributed by atoms with Gasteiger partial charge in [-0.1, -0.05) is 13.8 Å². The Morgan fingerprint density at radius 3 is 2.32 bits per heavy atom. The molecular weight excluding hydrogens is 447 g/mol. The number of hydrogen-bond acceptors (Lipinski definition) is 5. The zero-order chi connectivity index (χ0) is 24.3. The van der Waals surface area contributed by atoms with Crippen LogP contribution in [0.25, 0.3) is 11.0 Å². The SMILES string of the molecule is CCC(C)c1cc(C(F)(F)F)c2oc(C(=O)NC34CCC(c5nnc(C)o5)(CC3)CC4)cc2c1. The summed E-state index contributed by atoms with van der Waals surface area (Å²) in [7, 11) is 0. The molecule has 3 aromatic rings. The molecule has 1 atom stereocenters. The van der Waals surface area contributed by atoms with Gasteiger partial charge in [0.15, 0.2) is 5.76 Å². The van der Waals surface area contributed by atoms with E-state index in [1.165, 1.54) is 6.07 Å². The van der Waals surface area contributed by atoms with Gasteiger partial charge in [-0.3, -0.25) is 4.79 Å². The number of nitrogens with one attached hydrogen (secondary N) is 1. The van der Waals surface area contributed by atoms with Gasteiger partial charge in [0, 0.05) is 23.3 Å². The smallest absolute Gasteiger partial charge is 0.420 e. The second-order valence-corrected chi connectivity index (χ2v) is 10.0. The van der Waals surface area contributed by atoms with Crippen molar-refractivity contribution in [2.45, 2.75) is 88.8 Å². The number of aromatic nitrogens is 2. The van der Waals surface area contributed by atoms with Crippen LogP contribution in [0.2, 0.25) is 0 Å². The number of rotatable bonds is 5. The summed E-state index contributed by atoms with van der Waals surface area (Å²) in [6.45, 7) is 5.58. The van der Waals surface area contributed by atoms with Crippen LogP contribution >= 0.6 is 0 Å². The molecule has 0 aliphatic heterocycles. The van der Waals surface area contributed by atoms with E-state index in [0.717, 1.165) is 44.6 Å². The van der Waals surface area contributed by atoms with Gasteiger partial charge in [0.05, 0.1) is 5.56 Å². The van der Waals surface area contributed by atoms with Crippen LogP contribution in [0.1, 0.15) is 98.2 Å². The van der Waals surface area contributed by atoms with Gasteiger partial charge in [0.2, 0.25) is 11.8 Å². The summed E-state index contributed by atoms with van der Waals surface area (Å²) in [5.41, 5.74) is -1.10. The highest BCUT2D eigenvalue weighted by atomic mass is 19.4. The fourth-order valence-corrected chi connectivity index (χ4v) is 5.53. The number of fused-ring (bicyclic) bond motifs is 4. The fraction of sp³-hybridized carbons (Fsp3) is 0.560. The number of benzene rings is 1. The Morgan fingerprint density at radius 1 is 1.09 bits per heavy atom. The van der Waals surface area contributed by atoms with E-state index in [2.05, 4.69) is 15.5 Å². The first-order chi connectivity index (χ1) is 16.0. The highest BCUT2D eigenvalue weighted by molar-refractivity contribution is 5.97. The van der Waals surface area contributed by atoms with Crippen molar-refractivity contribution in [2.75, 3.05) is 0 Å². The second kappa shape index (κ2) is 7.85. The van der Waals surface area contributed by atoms with Crippen LogP contribution in [0.5, 0.6) is 0 Å². The third-order valence-corrected chi connectivity index (χ3v) is 7.95. The molecule has 6 rings (SSSR count). The van der Waals surface area contributed by atoms with Crippen molar-refractivity contribution in [1.82, 2.24) is 15.5 Å². The molecule has 1 unspecified atom stereocenters. The summed E-state index contributed by atoms with van der Waals surface area (Å²) in [5.74, 6) is 0.603. The van der Waals surface area contributed by atoms with E-state index in [4.69, 9.17) is 8.83 Å². The van der Waals surface area contributed by atoms with Crippen LogP contribution in [0.4, 0.5) is 13.2 Å². The molecule has 3 aliphatic carbocycles. The van der Waals surface area contributed by atoms with Crippen molar-refractivity contribution >= 4 is 16.9 Å². The molecule has 2 bridgehead atoms. The Balaban J connectivity index is 1.39. The van der Waals surface area contributed by atoms with Crippen molar-refractivity contribution in [2.24, 2.45) is 0 Å². The highest BCUT2D eigenvalue weighted by Gasteiger charge is 2.52. The summed E-state index contributed by atoms with van der Waals surface area (Å²) in [5, 5.41) is 11.6. The van der Waals surface area contributed by atoms with Gasteiger partial charge in [-0.25, -0.2) is 0 Å². The Hall–Kier alpha value is -2.84. The van der Waals surface area contributed by atoms with Gasteiger partial charge >= 0.3 is 6.18 Å². The average molecular weight is 476 g/mol. The number of furan rings is 1. The minimum atomic E-state index is -4.57. The third-order valence-electron chi connectivity index (χ3n) is 7.95. The molecule has 3 fully saturated rings. The number of nitrogens with zero attached hydrogens (tertiary/aromatic N) is 2. The summed E-state index contributed by atoms with van der Waals surface area (Å²) in [4.78, 5) is 13.1. The minimum absolute atomic E-state index is 0.0380. The monoisotopic (exact) mass is 475 g/mol. The Morgan fingerprint density at radius 2 is 1.76 bits per heavy atom. The molecule has 3 aliphatic rings. The number of hydrogen-bond donors (Lipinski definition) is 1. The lowest BCUT2D eigenvalue weighted by Gasteiger charge is -2.51. The third kappa shape index (κ3) is 3.79. The molecular formula is C25H28F3N3O3. The fourth-order valence-electron chi connectivity index (χ4n) is 5.53. The van der Waals surface area contributed by atoms with Crippen molar-refractivity contribution in [3.63, 3.8) is 0 Å². The van der Waals surface area contributed by atoms with E-state index >= 15 is 0 Å². The first-order valence-electron chi connectivity index (χ1n) is 11.8. The summed E-state index contributed by atoms with van der Waals surface area (Å²) in [6, 6.07) is 4.26. The van der Waals surface area contributed by atoms with Crippen LogP contribution < -0.4 is 5.32 Å². The molecule has 9 heteroatoms. The number of carbonyl (C=O) groups is 1. The number of aryl methyl sites for hydroxylation is 1. The summed E-state index contributed by atoms with van der Waals surface area (Å²) >= 11 is 0. The highest BCUT2D eigenvalue weighted by Crippen LogP contribution is 2.53. The normalized spacial score (nSPS) is 25.6. The van der Waals surface area contributed by atoms with Crippen LogP contribution in [-0.2, 0) is 11.6 Å². The molecule has 1 amide bonds. The standard InChI is InChI=1S/C25H28F3N3O3/c1-4-14(2)16-11-17-13-19(34-20(17)18(12-16)25(26,27)28)21(32)29-24-8-5-23(6-9-24,7-10-24)22-31-30-15(3)33-22/h11-14H,4-10H2,1-3H3,(H,29,32). The molecule has 0 spiro atoms. The van der Waals surface area contributed by atoms with Crippen molar-refractivity contribution in [1.29, 1.82) is 0 Å². The topological polar surface area (TPSA) is 81.2 Å². The molecule has 182 valence electrons. The van der Waals surface area contributed by atoms with Crippen LogP contribution in [0.15, 0.2) is 27.0 Å². The first kappa shape index (κ1) is 22.9. The number of amides is 1. The van der Waals surface area contributed by atoms with Gasteiger partial charge in [-0.15, -0.1) is 10.2 Å². The zero-order valence-electron chi connectivity index (χ0n) is 19.5. The average Bonchev–Trinajstić information content (AvgIpc) is 3.45. The quantitative estimate of drug-likeness (QED) is 0.460. The van der Waals surface area contributed by atoms with Crippen molar-refractivity contribution in [3.8, 4) is 0 Å². The molecule has 3 saturated carbocycles. The van der Waals surface area contributed by atoms with Gasteiger partial charge in [0.1, 0.15) is 5.58 Å². The van der Waals surface area contributed by atoms with Crippen LogP contribution in [0, 0.1) is 6.92 Å². The lowest BCUT2D eigenvalue weighted by molar-refractivity contribution is -0.136. The molecule has 2 heterocycles. The van der Waals surface area contributed by atoms with E-state index in [1.54, 1.807) is 13.0 Å². The van der Waals surface area contributed by atoms with Gasteiger partial charge in [0.25, 0.3) is 5.91 Å². The minimum Gasteiger partial charge on any atom is -0.450 e. The van der Waals surface area contributed by atoms with E-state index in [-0.39, 0.29) is 22.7 Å². The van der Waals surface area contributed by atoms with Crippen LogP contribution in [0.3, 0.4) is 0 Å².